The highest BCUT2D eigenvalue weighted by atomic mass is 16.4. The van der Waals surface area contributed by atoms with Crippen molar-refractivity contribution in [3.8, 4) is 0 Å². The Hall–Kier alpha value is -1.43. The highest BCUT2D eigenvalue weighted by molar-refractivity contribution is 6.11. The predicted octanol–water partition coefficient (Wildman–Crippen LogP) is 0.248. The maximum atomic E-state index is 12.2. The molecule has 0 aromatic carbocycles. The van der Waals surface area contributed by atoms with Crippen LogP contribution in [0.2, 0.25) is 0 Å². The third-order valence-corrected chi connectivity index (χ3v) is 5.24. The highest BCUT2D eigenvalue weighted by Crippen LogP contribution is 2.67. The van der Waals surface area contributed by atoms with Crippen molar-refractivity contribution >= 4 is 17.7 Å². The van der Waals surface area contributed by atoms with E-state index in [1.54, 1.807) is 13.8 Å². The largest absolute Gasteiger partial charge is 0.479 e. The molecule has 0 aliphatic heterocycles. The second-order valence-electron chi connectivity index (χ2n) is 5.91. The first-order chi connectivity index (χ1) is 8.12. The fourth-order valence-electron chi connectivity index (χ4n) is 4.06. The van der Waals surface area contributed by atoms with Gasteiger partial charge in [0.25, 0.3) is 0 Å². The Labute approximate surface area is 104 Å². The summed E-state index contributed by atoms with van der Waals surface area (Å²) in [5.74, 6) is -3.58. The number of carbonyl (C=O) groups excluding carboxylic acids is 1. The molecule has 2 unspecified atom stereocenters. The van der Waals surface area contributed by atoms with Crippen LogP contribution in [-0.4, -0.2) is 33.5 Å². The van der Waals surface area contributed by atoms with Crippen LogP contribution in [-0.2, 0) is 14.4 Å². The molecule has 2 rings (SSSR count). The lowest BCUT2D eigenvalue weighted by Gasteiger charge is -2.44. The maximum absolute atomic E-state index is 12.2. The minimum Gasteiger partial charge on any atom is -0.479 e. The number of carboxylic acids is 2. The first kappa shape index (κ1) is 13.0. The quantitative estimate of drug-likeness (QED) is 0.622. The molecule has 2 aliphatic rings. The number of carboxylic acid groups (broad SMARTS) is 2. The van der Waals surface area contributed by atoms with Crippen molar-refractivity contribution in [2.75, 3.05) is 0 Å². The molecule has 100 valence electrons. The topological polar surface area (TPSA) is 118 Å². The highest BCUT2D eigenvalue weighted by Gasteiger charge is 2.76. The van der Waals surface area contributed by atoms with Crippen molar-refractivity contribution in [2.24, 2.45) is 22.5 Å². The second-order valence-corrected chi connectivity index (χ2v) is 5.91. The Morgan fingerprint density at radius 1 is 1.33 bits per heavy atom. The number of Topliss-reactive ketones (excluding diaryl/α,β-unsaturated/α-hetero) is 1. The number of rotatable bonds is 3. The zero-order chi connectivity index (χ0) is 13.9. The summed E-state index contributed by atoms with van der Waals surface area (Å²) in [5.41, 5.74) is 0.968. The summed E-state index contributed by atoms with van der Waals surface area (Å²) >= 11 is 0. The smallest absolute Gasteiger partial charge is 0.336 e. The third kappa shape index (κ3) is 1.05. The van der Waals surface area contributed by atoms with Crippen LogP contribution in [0.15, 0.2) is 0 Å². The van der Waals surface area contributed by atoms with Gasteiger partial charge in [-0.05, 0) is 24.2 Å². The Balaban J connectivity index is 2.70. The number of fused-ring (bicyclic) bond motifs is 2. The third-order valence-electron chi connectivity index (χ3n) is 5.24. The van der Waals surface area contributed by atoms with Gasteiger partial charge in [0.2, 0.25) is 5.54 Å². The number of aliphatic carboxylic acids is 2. The average molecular weight is 255 g/mol. The molecule has 0 heterocycles. The second kappa shape index (κ2) is 3.32. The van der Waals surface area contributed by atoms with Crippen molar-refractivity contribution in [3.63, 3.8) is 0 Å². The molecule has 0 radical (unpaired) electrons. The molecule has 18 heavy (non-hydrogen) atoms. The minimum atomic E-state index is -2.54. The first-order valence-corrected chi connectivity index (χ1v) is 5.91. The Bertz CT molecular complexity index is 441. The molecule has 4 N–H and O–H groups in total. The van der Waals surface area contributed by atoms with E-state index in [-0.39, 0.29) is 24.5 Å². The fourth-order valence-corrected chi connectivity index (χ4v) is 4.06. The van der Waals surface area contributed by atoms with Gasteiger partial charge in [0, 0.05) is 6.42 Å². The zero-order valence-electron chi connectivity index (χ0n) is 10.4. The van der Waals surface area contributed by atoms with E-state index in [0.29, 0.717) is 6.42 Å². The molecule has 2 aliphatic carbocycles. The van der Waals surface area contributed by atoms with Crippen LogP contribution >= 0.6 is 0 Å². The lowest BCUT2D eigenvalue weighted by molar-refractivity contribution is -0.172. The summed E-state index contributed by atoms with van der Waals surface area (Å²) in [6.45, 7) is 3.51. The van der Waals surface area contributed by atoms with Gasteiger partial charge in [-0.2, -0.15) is 0 Å². The molecule has 2 fully saturated rings. The molecule has 2 atom stereocenters. The van der Waals surface area contributed by atoms with Gasteiger partial charge in [-0.15, -0.1) is 0 Å². The first-order valence-electron chi connectivity index (χ1n) is 5.91. The van der Waals surface area contributed by atoms with Crippen LogP contribution in [0, 0.1) is 16.7 Å². The van der Waals surface area contributed by atoms with Crippen molar-refractivity contribution in [1.29, 1.82) is 0 Å². The van der Waals surface area contributed by atoms with Crippen molar-refractivity contribution in [2.45, 2.75) is 38.6 Å². The maximum Gasteiger partial charge on any atom is 0.336 e. The molecule has 0 amide bonds. The van der Waals surface area contributed by atoms with Gasteiger partial charge in [0.05, 0.1) is 5.41 Å². The van der Waals surface area contributed by atoms with Crippen LogP contribution in [0.4, 0.5) is 0 Å². The molecule has 0 aromatic rings. The molecular formula is C12H17NO5. The van der Waals surface area contributed by atoms with Crippen LogP contribution in [0.5, 0.6) is 0 Å². The predicted molar refractivity (Wildman–Crippen MR) is 60.8 cm³/mol. The lowest BCUT2D eigenvalue weighted by atomic mass is 9.57. The van der Waals surface area contributed by atoms with Crippen molar-refractivity contribution in [1.82, 2.24) is 0 Å². The molecule has 6 heteroatoms. The van der Waals surface area contributed by atoms with E-state index in [4.69, 9.17) is 5.73 Å². The summed E-state index contributed by atoms with van der Waals surface area (Å²) in [4.78, 5) is 35.0. The number of hydrogen-bond donors (Lipinski definition) is 3. The molecule has 6 nitrogen and oxygen atoms in total. The normalized spacial score (nSPS) is 33.7. The van der Waals surface area contributed by atoms with Crippen molar-refractivity contribution in [3.05, 3.63) is 0 Å². The Morgan fingerprint density at radius 3 is 2.11 bits per heavy atom. The van der Waals surface area contributed by atoms with Gasteiger partial charge in [-0.3, -0.25) is 4.79 Å². The molecular weight excluding hydrogens is 238 g/mol. The molecule has 2 bridgehead atoms. The van der Waals surface area contributed by atoms with E-state index in [9.17, 15) is 24.6 Å². The van der Waals surface area contributed by atoms with E-state index in [1.807, 2.05) is 0 Å². The number of hydrogen-bond acceptors (Lipinski definition) is 4. The molecule has 0 saturated heterocycles. The lowest BCUT2D eigenvalue weighted by Crippen LogP contribution is -2.70. The monoisotopic (exact) mass is 255 g/mol. The van der Waals surface area contributed by atoms with E-state index in [2.05, 4.69) is 0 Å². The molecule has 2 saturated carbocycles. The van der Waals surface area contributed by atoms with Gasteiger partial charge in [0.1, 0.15) is 5.78 Å². The number of carbonyl (C=O) groups is 3. The van der Waals surface area contributed by atoms with E-state index < -0.39 is 28.3 Å². The van der Waals surface area contributed by atoms with Crippen LogP contribution < -0.4 is 5.73 Å². The number of ketones is 1. The van der Waals surface area contributed by atoms with Crippen LogP contribution in [0.25, 0.3) is 0 Å². The van der Waals surface area contributed by atoms with Gasteiger partial charge >= 0.3 is 11.9 Å². The standard InChI is InChI=1S/C12H17NO5/c1-10(2)6-3-4-11(10,7(14)5-6)12(13,8(15)16)9(17)18/h6H,3-5,13H2,1-2H3,(H,15,16)(H,17,18). The average Bonchev–Trinajstić information content (AvgIpc) is 2.61. The summed E-state index contributed by atoms with van der Waals surface area (Å²) in [6, 6.07) is 0. The summed E-state index contributed by atoms with van der Waals surface area (Å²) in [5, 5.41) is 18.5. The summed E-state index contributed by atoms with van der Waals surface area (Å²) in [7, 11) is 0. The summed E-state index contributed by atoms with van der Waals surface area (Å²) in [6.07, 6.45) is 1.11. The summed E-state index contributed by atoms with van der Waals surface area (Å²) < 4.78 is 0. The van der Waals surface area contributed by atoms with E-state index in [1.165, 1.54) is 0 Å². The van der Waals surface area contributed by atoms with Crippen molar-refractivity contribution < 1.29 is 24.6 Å². The van der Waals surface area contributed by atoms with Crippen LogP contribution in [0.1, 0.15) is 33.1 Å². The van der Waals surface area contributed by atoms with Gasteiger partial charge in [-0.25, -0.2) is 9.59 Å². The molecule has 0 aromatic heterocycles. The van der Waals surface area contributed by atoms with Crippen LogP contribution in [0.3, 0.4) is 0 Å². The van der Waals surface area contributed by atoms with Gasteiger partial charge in [-0.1, -0.05) is 13.8 Å². The van der Waals surface area contributed by atoms with Gasteiger partial charge in [0.15, 0.2) is 0 Å². The van der Waals surface area contributed by atoms with E-state index >= 15 is 0 Å². The fraction of sp³-hybridized carbons (Fsp3) is 0.750. The Morgan fingerprint density at radius 2 is 1.83 bits per heavy atom. The molecule has 0 spiro atoms. The van der Waals surface area contributed by atoms with E-state index in [0.717, 1.165) is 0 Å². The minimum absolute atomic E-state index is 0.0200. The Kier molecular flexibility index (Phi) is 2.40. The van der Waals surface area contributed by atoms with Gasteiger partial charge < -0.3 is 15.9 Å². The SMILES string of the molecule is CC1(C)C2CCC1(C(N)(C(=O)O)C(=O)O)C(=O)C2. The number of nitrogens with two attached hydrogens (primary N) is 1. The zero-order valence-corrected chi connectivity index (χ0v) is 10.4.